The molecule has 0 amide bonds. The van der Waals surface area contributed by atoms with Gasteiger partial charge in [-0.15, -0.1) is 30.6 Å². The highest BCUT2D eigenvalue weighted by atomic mass is 16.5. The summed E-state index contributed by atoms with van der Waals surface area (Å²) in [6.45, 7) is 8.97. The predicted octanol–water partition coefficient (Wildman–Crippen LogP) is 3.80. The molecule has 8 rings (SSSR count). The average Bonchev–Trinajstić information content (AvgIpc) is 4.08. The second kappa shape index (κ2) is 20.3. The first-order valence-electron chi connectivity index (χ1n) is 18.3. The molecule has 0 unspecified atom stereocenters. The maximum absolute atomic E-state index is 12.0. The summed E-state index contributed by atoms with van der Waals surface area (Å²) in [6.07, 6.45) is 6.27. The number of aromatic nitrogens is 12. The van der Waals surface area contributed by atoms with Crippen LogP contribution in [0.15, 0.2) is 72.8 Å². The van der Waals surface area contributed by atoms with Gasteiger partial charge in [-0.2, -0.15) is 15.6 Å². The van der Waals surface area contributed by atoms with Crippen molar-refractivity contribution in [3.05, 3.63) is 89.5 Å². The fourth-order valence-corrected chi connectivity index (χ4v) is 5.96. The molecule has 286 valence electrons. The number of hydrogen-bond donors (Lipinski definition) is 3. The van der Waals surface area contributed by atoms with Crippen molar-refractivity contribution in [2.75, 3.05) is 52.5 Å². The highest BCUT2D eigenvalue weighted by Gasteiger charge is 2.14. The van der Waals surface area contributed by atoms with Gasteiger partial charge in [-0.05, 0) is 98.7 Å². The molecule has 18 nitrogen and oxygen atoms in total. The first-order chi connectivity index (χ1) is 27.0. The molecule has 2 aliphatic rings. The van der Waals surface area contributed by atoms with Gasteiger partial charge in [-0.1, -0.05) is 60.5 Å². The van der Waals surface area contributed by atoms with Gasteiger partial charge in [0.15, 0.2) is 0 Å². The molecule has 0 aliphatic carbocycles. The van der Waals surface area contributed by atoms with Gasteiger partial charge in [0.05, 0.1) is 11.1 Å². The molecule has 55 heavy (non-hydrogen) atoms. The van der Waals surface area contributed by atoms with Crippen LogP contribution in [0.3, 0.4) is 0 Å². The zero-order valence-corrected chi connectivity index (χ0v) is 30.7. The zero-order valence-electron chi connectivity index (χ0n) is 30.7. The molecular formula is C37H44N14O4. The minimum Gasteiger partial charge on any atom is -0.461 e. The average molecular weight is 749 g/mol. The summed E-state index contributed by atoms with van der Waals surface area (Å²) in [4.78, 5) is 28.6. The summed E-state index contributed by atoms with van der Waals surface area (Å²) in [5.41, 5.74) is 4.88. The number of benzene rings is 3. The van der Waals surface area contributed by atoms with E-state index in [0.717, 1.165) is 56.0 Å². The molecule has 0 saturated carbocycles. The van der Waals surface area contributed by atoms with E-state index in [1.807, 2.05) is 31.2 Å². The highest BCUT2D eigenvalue weighted by molar-refractivity contribution is 5.90. The number of piperidine rings is 1. The molecule has 3 aromatic heterocycles. The van der Waals surface area contributed by atoms with E-state index in [1.165, 1.54) is 37.7 Å². The lowest BCUT2D eigenvalue weighted by molar-refractivity contribution is 0.0448. The molecule has 0 spiro atoms. The van der Waals surface area contributed by atoms with Crippen LogP contribution in [0.4, 0.5) is 0 Å². The van der Waals surface area contributed by atoms with Crippen LogP contribution >= 0.6 is 0 Å². The van der Waals surface area contributed by atoms with E-state index in [0.29, 0.717) is 41.8 Å². The number of hydrogen-bond acceptors (Lipinski definition) is 15. The summed E-state index contributed by atoms with van der Waals surface area (Å²) in [5.74, 6) is 1.05. The van der Waals surface area contributed by atoms with Crippen LogP contribution in [-0.2, 0) is 9.47 Å². The number of ether oxygens (including phenoxy) is 2. The Morgan fingerprint density at radius 1 is 0.527 bits per heavy atom. The number of rotatable bonds is 11. The monoisotopic (exact) mass is 748 g/mol. The number of carbonyl (C=O) groups excluding carboxylic acids is 2. The predicted molar refractivity (Wildman–Crippen MR) is 200 cm³/mol. The molecule has 2 aliphatic heterocycles. The Balaban J connectivity index is 0.000000146. The zero-order chi connectivity index (χ0) is 38.1. The third-order valence-electron chi connectivity index (χ3n) is 9.03. The lowest BCUT2D eigenvalue weighted by Gasteiger charge is -2.25. The fourth-order valence-electron chi connectivity index (χ4n) is 5.96. The van der Waals surface area contributed by atoms with Crippen molar-refractivity contribution in [1.82, 2.24) is 71.7 Å². The van der Waals surface area contributed by atoms with E-state index in [4.69, 9.17) is 9.47 Å². The third kappa shape index (κ3) is 11.9. The van der Waals surface area contributed by atoms with Crippen LogP contribution in [0.5, 0.6) is 0 Å². The van der Waals surface area contributed by atoms with Gasteiger partial charge in [0.2, 0.25) is 17.5 Å². The SMILES string of the molecule is Cc1ccc(-c2nn[nH]n2)cc1.O=C(OCCN1CCCC1)c1ccc(-c2nn[nH]n2)cc1.O=C(OCCN1CCCCC1)c1ccc(-c2nn[nH]n2)cc1. The Labute approximate surface area is 317 Å². The number of nitrogens with zero attached hydrogens (tertiary/aromatic N) is 11. The van der Waals surface area contributed by atoms with Gasteiger partial charge in [0.25, 0.3) is 0 Å². The molecule has 0 bridgehead atoms. The van der Waals surface area contributed by atoms with Crippen LogP contribution in [0, 0.1) is 6.92 Å². The van der Waals surface area contributed by atoms with E-state index in [-0.39, 0.29) is 11.9 Å². The first-order valence-corrected chi connectivity index (χ1v) is 18.3. The van der Waals surface area contributed by atoms with Crippen molar-refractivity contribution in [2.45, 2.75) is 39.0 Å². The fraction of sp³-hybridized carbons (Fsp3) is 0.378. The number of aromatic amines is 3. The topological polar surface area (TPSA) is 222 Å². The number of H-pyrrole nitrogens is 3. The van der Waals surface area contributed by atoms with Crippen molar-refractivity contribution in [3.8, 4) is 34.2 Å². The summed E-state index contributed by atoms with van der Waals surface area (Å²) in [6, 6.07) is 22.0. The number of esters is 2. The normalized spacial score (nSPS) is 14.3. The van der Waals surface area contributed by atoms with Crippen molar-refractivity contribution in [3.63, 3.8) is 0 Å². The van der Waals surface area contributed by atoms with E-state index < -0.39 is 0 Å². The Hall–Kier alpha value is -6.27. The summed E-state index contributed by atoms with van der Waals surface area (Å²) in [5, 5.41) is 41.0. The van der Waals surface area contributed by atoms with E-state index in [1.54, 1.807) is 48.5 Å². The smallest absolute Gasteiger partial charge is 0.338 e. The first kappa shape index (κ1) is 38.5. The lowest BCUT2D eigenvalue weighted by Crippen LogP contribution is -2.33. The van der Waals surface area contributed by atoms with Crippen molar-refractivity contribution in [1.29, 1.82) is 0 Å². The summed E-state index contributed by atoms with van der Waals surface area (Å²) < 4.78 is 10.6. The van der Waals surface area contributed by atoms with Crippen LogP contribution in [0.1, 0.15) is 58.4 Å². The molecular weight excluding hydrogens is 705 g/mol. The van der Waals surface area contributed by atoms with Gasteiger partial charge in [0, 0.05) is 29.8 Å². The molecule has 3 aromatic carbocycles. The Kier molecular flexibility index (Phi) is 14.2. The van der Waals surface area contributed by atoms with Crippen molar-refractivity contribution < 1.29 is 19.1 Å². The van der Waals surface area contributed by atoms with E-state index in [2.05, 4.69) is 71.7 Å². The Morgan fingerprint density at radius 2 is 0.873 bits per heavy atom. The maximum atomic E-state index is 12.0. The number of carbonyl (C=O) groups is 2. The van der Waals surface area contributed by atoms with E-state index in [9.17, 15) is 9.59 Å². The number of likely N-dealkylation sites (tertiary alicyclic amines) is 2. The molecule has 0 atom stereocenters. The van der Waals surface area contributed by atoms with E-state index >= 15 is 0 Å². The minimum atomic E-state index is -0.297. The van der Waals surface area contributed by atoms with Crippen LogP contribution in [0.25, 0.3) is 34.2 Å². The molecule has 5 heterocycles. The summed E-state index contributed by atoms with van der Waals surface area (Å²) in [7, 11) is 0. The Bertz CT molecular complexity index is 1980. The third-order valence-corrected chi connectivity index (χ3v) is 9.03. The minimum absolute atomic E-state index is 0.295. The number of tetrazole rings is 3. The van der Waals surface area contributed by atoms with Crippen LogP contribution < -0.4 is 0 Å². The maximum Gasteiger partial charge on any atom is 0.338 e. The van der Waals surface area contributed by atoms with Crippen molar-refractivity contribution >= 4 is 11.9 Å². The molecule has 2 saturated heterocycles. The van der Waals surface area contributed by atoms with Gasteiger partial charge >= 0.3 is 11.9 Å². The van der Waals surface area contributed by atoms with Crippen LogP contribution in [-0.4, -0.2) is 136 Å². The van der Waals surface area contributed by atoms with Gasteiger partial charge in [0.1, 0.15) is 13.2 Å². The molecule has 2 fully saturated rings. The number of aryl methyl sites for hydroxylation is 1. The quantitative estimate of drug-likeness (QED) is 0.160. The van der Waals surface area contributed by atoms with Crippen molar-refractivity contribution in [2.24, 2.45) is 0 Å². The molecule has 18 heteroatoms. The largest absolute Gasteiger partial charge is 0.461 e. The second-order valence-electron chi connectivity index (χ2n) is 12.9. The van der Waals surface area contributed by atoms with Gasteiger partial charge < -0.3 is 9.47 Å². The molecule has 6 aromatic rings. The van der Waals surface area contributed by atoms with Crippen LogP contribution in [0.2, 0.25) is 0 Å². The molecule has 3 N–H and O–H groups in total. The van der Waals surface area contributed by atoms with Gasteiger partial charge in [-0.25, -0.2) is 9.59 Å². The molecule has 0 radical (unpaired) electrons. The summed E-state index contributed by atoms with van der Waals surface area (Å²) >= 11 is 0. The van der Waals surface area contributed by atoms with Gasteiger partial charge in [-0.3, -0.25) is 9.80 Å². The second-order valence-corrected chi connectivity index (χ2v) is 12.9. The number of nitrogens with one attached hydrogen (secondary N) is 3. The standard InChI is InChI=1S/C15H19N5O2.C14H17N5O2.C8H8N4/c21-15(22-11-10-20-8-2-1-3-9-20)13-6-4-12(5-7-13)14-16-18-19-17-14;20-14(21-10-9-19-7-1-2-8-19)12-5-3-11(4-6-12)13-15-17-18-16-13;1-6-2-4-7(5-3-6)8-9-11-12-10-8/h4-7H,1-3,8-11H2,(H,16,17,18,19);3-6H,1-2,7-10H2,(H,15,16,17,18);2-5H,1H3,(H,9,10,11,12). The highest BCUT2D eigenvalue weighted by Crippen LogP contribution is 2.17. The Morgan fingerprint density at radius 3 is 1.22 bits per heavy atom. The lowest BCUT2D eigenvalue weighted by atomic mass is 10.1.